The number of aliphatic hydroxyl groups excluding tert-OH is 1. The highest BCUT2D eigenvalue weighted by atomic mass is 16.4. The fourth-order valence-electron chi connectivity index (χ4n) is 3.12. The molecule has 2 aromatic rings. The maximum absolute atomic E-state index is 13.1. The van der Waals surface area contributed by atoms with Crippen molar-refractivity contribution in [2.45, 2.75) is 31.0 Å². The minimum absolute atomic E-state index is 0.0345. The summed E-state index contributed by atoms with van der Waals surface area (Å²) in [7, 11) is 0. The topological polar surface area (TPSA) is 191 Å². The third-order valence-corrected chi connectivity index (χ3v) is 4.93. The van der Waals surface area contributed by atoms with E-state index in [1.807, 2.05) is 0 Å². The van der Waals surface area contributed by atoms with Crippen molar-refractivity contribution in [2.24, 2.45) is 5.73 Å². The van der Waals surface area contributed by atoms with Crippen LogP contribution >= 0.6 is 0 Å². The summed E-state index contributed by atoms with van der Waals surface area (Å²) in [6.45, 7) is -1.19. The van der Waals surface area contributed by atoms with Gasteiger partial charge in [-0.25, -0.2) is 4.79 Å². The molecule has 0 aliphatic rings. The number of nitrogens with one attached hydrogen (secondary N) is 3. The van der Waals surface area contributed by atoms with Gasteiger partial charge in [-0.15, -0.1) is 0 Å². The lowest BCUT2D eigenvalue weighted by atomic mass is 10.0. The molecule has 0 heterocycles. The Labute approximate surface area is 196 Å². The van der Waals surface area contributed by atoms with Crippen LogP contribution in [0, 0.1) is 0 Å². The Balaban J connectivity index is 2.25. The van der Waals surface area contributed by atoms with Gasteiger partial charge in [0.25, 0.3) is 0 Å². The number of carboxylic acid groups (broad SMARTS) is 1. The van der Waals surface area contributed by atoms with Crippen molar-refractivity contribution in [3.05, 3.63) is 65.7 Å². The summed E-state index contributed by atoms with van der Waals surface area (Å²) in [6.07, 6.45) is 0.0822. The zero-order valence-corrected chi connectivity index (χ0v) is 18.3. The molecule has 0 bridgehead atoms. The van der Waals surface area contributed by atoms with Gasteiger partial charge in [-0.3, -0.25) is 14.4 Å². The van der Waals surface area contributed by atoms with E-state index in [2.05, 4.69) is 16.0 Å². The van der Waals surface area contributed by atoms with Gasteiger partial charge in [-0.1, -0.05) is 42.5 Å². The van der Waals surface area contributed by atoms with Crippen molar-refractivity contribution in [2.75, 3.05) is 13.2 Å². The number of nitrogens with two attached hydrogens (primary N) is 1. The van der Waals surface area contributed by atoms with Gasteiger partial charge in [-0.05, 0) is 23.3 Å². The minimum Gasteiger partial charge on any atom is -0.508 e. The number of aliphatic hydroxyl groups is 1. The standard InChI is InChI=1S/C23H28N4O7/c24-12-20(30)25-17(11-15-6-8-16(29)9-7-15)21(31)26-18(10-14-4-2-1-3-5-14)22(32)27-19(13-28)23(33)34/h1-9,17-19,28-29H,10-13,24H2,(H,25,30)(H,26,31)(H,27,32)(H,33,34). The highest BCUT2D eigenvalue weighted by Crippen LogP contribution is 2.12. The van der Waals surface area contributed by atoms with Gasteiger partial charge in [0.15, 0.2) is 0 Å². The molecular formula is C23H28N4O7. The van der Waals surface area contributed by atoms with E-state index in [1.54, 1.807) is 42.5 Å². The Morgan fingerprint density at radius 3 is 1.76 bits per heavy atom. The SMILES string of the molecule is NCC(=O)NC(Cc1ccc(O)cc1)C(=O)NC(Cc1ccccc1)C(=O)NC(CO)C(=O)O. The number of hydrogen-bond donors (Lipinski definition) is 7. The number of carbonyl (C=O) groups is 4. The third kappa shape index (κ3) is 8.19. The van der Waals surface area contributed by atoms with E-state index in [9.17, 15) is 29.4 Å². The first kappa shape index (κ1) is 26.3. The summed E-state index contributed by atoms with van der Waals surface area (Å²) in [5.74, 6) is -3.49. The Bertz CT molecular complexity index is 983. The highest BCUT2D eigenvalue weighted by Gasteiger charge is 2.29. The van der Waals surface area contributed by atoms with E-state index in [-0.39, 0.29) is 25.1 Å². The van der Waals surface area contributed by atoms with Gasteiger partial charge in [0.1, 0.15) is 23.9 Å². The second kappa shape index (κ2) is 12.9. The van der Waals surface area contributed by atoms with Gasteiger partial charge >= 0.3 is 5.97 Å². The van der Waals surface area contributed by atoms with Crippen molar-refractivity contribution >= 4 is 23.7 Å². The molecule has 0 saturated carbocycles. The maximum Gasteiger partial charge on any atom is 0.328 e. The first-order valence-electron chi connectivity index (χ1n) is 10.5. The van der Waals surface area contributed by atoms with Crippen LogP contribution < -0.4 is 21.7 Å². The van der Waals surface area contributed by atoms with E-state index in [1.165, 1.54) is 12.1 Å². The number of amides is 3. The lowest BCUT2D eigenvalue weighted by Gasteiger charge is -2.24. The first-order chi connectivity index (χ1) is 16.2. The zero-order chi connectivity index (χ0) is 25.1. The Kier molecular flexibility index (Phi) is 9.99. The van der Waals surface area contributed by atoms with Gasteiger partial charge in [0, 0.05) is 12.8 Å². The molecule has 3 amide bonds. The third-order valence-electron chi connectivity index (χ3n) is 4.93. The summed E-state index contributed by atoms with van der Waals surface area (Å²) >= 11 is 0. The van der Waals surface area contributed by atoms with Gasteiger partial charge < -0.3 is 37.0 Å². The smallest absolute Gasteiger partial charge is 0.328 e. The quantitative estimate of drug-likeness (QED) is 0.197. The summed E-state index contributed by atoms with van der Waals surface area (Å²) < 4.78 is 0. The van der Waals surface area contributed by atoms with E-state index in [0.29, 0.717) is 11.1 Å². The Morgan fingerprint density at radius 1 is 0.765 bits per heavy atom. The summed E-state index contributed by atoms with van der Waals surface area (Å²) in [4.78, 5) is 49.0. The molecule has 0 aliphatic carbocycles. The molecule has 2 rings (SSSR count). The van der Waals surface area contributed by atoms with Crippen LogP contribution in [0.15, 0.2) is 54.6 Å². The monoisotopic (exact) mass is 472 g/mol. The number of phenols is 1. The summed E-state index contributed by atoms with van der Waals surface area (Å²) in [5.41, 5.74) is 6.69. The molecule has 11 heteroatoms. The van der Waals surface area contributed by atoms with Gasteiger partial charge in [0.2, 0.25) is 17.7 Å². The van der Waals surface area contributed by atoms with Crippen molar-refractivity contribution in [3.8, 4) is 5.75 Å². The predicted molar refractivity (Wildman–Crippen MR) is 122 cm³/mol. The fourth-order valence-corrected chi connectivity index (χ4v) is 3.12. The van der Waals surface area contributed by atoms with Crippen LogP contribution in [0.5, 0.6) is 5.75 Å². The molecule has 2 aromatic carbocycles. The molecule has 0 saturated heterocycles. The first-order valence-corrected chi connectivity index (χ1v) is 10.5. The van der Waals surface area contributed by atoms with Crippen molar-refractivity contribution < 1.29 is 34.5 Å². The Morgan fingerprint density at radius 2 is 1.26 bits per heavy atom. The molecule has 34 heavy (non-hydrogen) atoms. The average molecular weight is 472 g/mol. The van der Waals surface area contributed by atoms with E-state index >= 15 is 0 Å². The maximum atomic E-state index is 13.1. The summed E-state index contributed by atoms with van der Waals surface area (Å²) in [5, 5.41) is 35.1. The molecular weight excluding hydrogens is 444 g/mol. The predicted octanol–water partition coefficient (Wildman–Crippen LogP) is -1.33. The van der Waals surface area contributed by atoms with Crippen LogP contribution in [0.2, 0.25) is 0 Å². The second-order valence-corrected chi connectivity index (χ2v) is 7.53. The molecule has 0 radical (unpaired) electrons. The fraction of sp³-hybridized carbons (Fsp3) is 0.304. The lowest BCUT2D eigenvalue weighted by Crippen LogP contribution is -2.57. The van der Waals surface area contributed by atoms with Gasteiger partial charge in [-0.2, -0.15) is 0 Å². The number of carboxylic acids is 1. The van der Waals surface area contributed by atoms with E-state index in [0.717, 1.165) is 0 Å². The van der Waals surface area contributed by atoms with Crippen LogP contribution in [0.1, 0.15) is 11.1 Å². The molecule has 0 aromatic heterocycles. The molecule has 11 nitrogen and oxygen atoms in total. The number of aromatic hydroxyl groups is 1. The molecule has 3 unspecified atom stereocenters. The van der Waals surface area contributed by atoms with Crippen molar-refractivity contribution in [1.82, 2.24) is 16.0 Å². The number of carbonyl (C=O) groups excluding carboxylic acids is 3. The summed E-state index contributed by atoms with van der Waals surface area (Å²) in [6, 6.07) is 10.9. The van der Waals surface area contributed by atoms with Crippen molar-refractivity contribution in [3.63, 3.8) is 0 Å². The van der Waals surface area contributed by atoms with Crippen molar-refractivity contribution in [1.29, 1.82) is 0 Å². The van der Waals surface area contributed by atoms with Crippen LogP contribution in [0.3, 0.4) is 0 Å². The highest BCUT2D eigenvalue weighted by molar-refractivity contribution is 5.94. The van der Waals surface area contributed by atoms with Crippen LogP contribution in [0.4, 0.5) is 0 Å². The van der Waals surface area contributed by atoms with Gasteiger partial charge in [0.05, 0.1) is 13.2 Å². The molecule has 0 spiro atoms. The van der Waals surface area contributed by atoms with Crippen LogP contribution in [-0.4, -0.2) is 70.3 Å². The molecule has 0 fully saturated rings. The molecule has 0 aliphatic heterocycles. The lowest BCUT2D eigenvalue weighted by molar-refractivity contribution is -0.143. The molecule has 8 N–H and O–H groups in total. The average Bonchev–Trinajstić information content (AvgIpc) is 2.83. The number of phenolic OH excluding ortho intramolecular Hbond substituents is 1. The molecule has 3 atom stereocenters. The second-order valence-electron chi connectivity index (χ2n) is 7.53. The number of hydrogen-bond acceptors (Lipinski definition) is 7. The number of rotatable bonds is 12. The van der Waals surface area contributed by atoms with Crippen LogP contribution in [0.25, 0.3) is 0 Å². The molecule has 182 valence electrons. The minimum atomic E-state index is -1.55. The normalized spacial score (nSPS) is 13.2. The van der Waals surface area contributed by atoms with Crippen LogP contribution in [-0.2, 0) is 32.0 Å². The Hall–Kier alpha value is -3.96. The number of aliphatic carboxylic acids is 1. The zero-order valence-electron chi connectivity index (χ0n) is 18.3. The number of benzene rings is 2. The van der Waals surface area contributed by atoms with E-state index < -0.39 is 48.4 Å². The van der Waals surface area contributed by atoms with E-state index in [4.69, 9.17) is 10.8 Å². The largest absolute Gasteiger partial charge is 0.508 e.